The molecule has 11 heteroatoms. The van der Waals surface area contributed by atoms with Crippen molar-refractivity contribution < 1.29 is 29.4 Å². The Labute approximate surface area is 173 Å². The number of carboxylic acid groups (broad SMARTS) is 1. The molecule has 30 heavy (non-hydrogen) atoms. The number of aromatic hydroxyl groups is 1. The number of aliphatic carboxylic acids is 1. The summed E-state index contributed by atoms with van der Waals surface area (Å²) in [5, 5.41) is 26.0. The van der Waals surface area contributed by atoms with E-state index in [2.05, 4.69) is 20.9 Å². The number of hydrogen-bond acceptors (Lipinski definition) is 6. The maximum absolute atomic E-state index is 12.6. The highest BCUT2D eigenvalue weighted by Crippen LogP contribution is 2.12. The SMILES string of the molecule is CC(=O)NC(N)=NCCC[C@H](NC(=O)[C@H](Cc1ccc(O)cc1)NC(C)=O)C(=O)O. The number of nitrogens with one attached hydrogen (secondary N) is 3. The summed E-state index contributed by atoms with van der Waals surface area (Å²) < 4.78 is 0. The maximum atomic E-state index is 12.6. The smallest absolute Gasteiger partial charge is 0.326 e. The standard InChI is InChI=1S/C19H27N5O6/c1-11(25)22-16(10-13-5-7-14(27)8-6-13)17(28)24-15(18(29)30)4-3-9-21-19(20)23-12(2)26/h5-8,15-16,27H,3-4,9-10H2,1-2H3,(H,22,25)(H,24,28)(H,29,30)(H3,20,21,23,26)/t15-,16-/m0/s1. The van der Waals surface area contributed by atoms with Crippen LogP contribution >= 0.6 is 0 Å². The van der Waals surface area contributed by atoms with E-state index >= 15 is 0 Å². The molecule has 0 aliphatic rings. The second kappa shape index (κ2) is 12.0. The number of hydrogen-bond donors (Lipinski definition) is 6. The highest BCUT2D eigenvalue weighted by atomic mass is 16.4. The van der Waals surface area contributed by atoms with Crippen LogP contribution in [-0.2, 0) is 25.6 Å². The molecule has 11 nitrogen and oxygen atoms in total. The van der Waals surface area contributed by atoms with Crippen molar-refractivity contribution in [2.75, 3.05) is 6.54 Å². The average molecular weight is 421 g/mol. The third kappa shape index (κ3) is 9.53. The predicted molar refractivity (Wildman–Crippen MR) is 109 cm³/mol. The van der Waals surface area contributed by atoms with E-state index in [-0.39, 0.29) is 37.0 Å². The van der Waals surface area contributed by atoms with Gasteiger partial charge in [-0.05, 0) is 30.5 Å². The molecule has 0 spiro atoms. The molecule has 0 radical (unpaired) electrons. The molecule has 0 saturated heterocycles. The molecule has 164 valence electrons. The van der Waals surface area contributed by atoms with Gasteiger partial charge >= 0.3 is 5.97 Å². The summed E-state index contributed by atoms with van der Waals surface area (Å²) in [5.74, 6) is -2.70. The minimum atomic E-state index is -1.23. The van der Waals surface area contributed by atoms with Crippen LogP contribution in [0, 0.1) is 0 Å². The highest BCUT2D eigenvalue weighted by molar-refractivity contribution is 5.95. The number of carbonyl (C=O) groups excluding carboxylic acids is 3. The summed E-state index contributed by atoms with van der Waals surface area (Å²) in [7, 11) is 0. The van der Waals surface area contributed by atoms with E-state index in [1.54, 1.807) is 12.1 Å². The predicted octanol–water partition coefficient (Wildman–Crippen LogP) is -0.760. The van der Waals surface area contributed by atoms with Gasteiger partial charge in [0.05, 0.1) is 0 Å². The van der Waals surface area contributed by atoms with Crippen LogP contribution in [0.5, 0.6) is 5.75 Å². The van der Waals surface area contributed by atoms with Gasteiger partial charge in [-0.25, -0.2) is 4.79 Å². The van der Waals surface area contributed by atoms with Crippen molar-refractivity contribution in [3.05, 3.63) is 29.8 Å². The first kappa shape index (κ1) is 24.4. The van der Waals surface area contributed by atoms with Crippen LogP contribution in [0.15, 0.2) is 29.3 Å². The number of phenolic OH excluding ortho intramolecular Hbond substituents is 1. The fourth-order valence-electron chi connectivity index (χ4n) is 2.57. The van der Waals surface area contributed by atoms with E-state index < -0.39 is 29.9 Å². The van der Waals surface area contributed by atoms with Crippen LogP contribution in [0.1, 0.15) is 32.3 Å². The summed E-state index contributed by atoms with van der Waals surface area (Å²) in [6.07, 6.45) is 0.486. The van der Waals surface area contributed by atoms with Crippen molar-refractivity contribution in [3.63, 3.8) is 0 Å². The number of phenols is 1. The molecule has 1 aromatic carbocycles. The van der Waals surface area contributed by atoms with Crippen molar-refractivity contribution in [2.24, 2.45) is 10.7 Å². The van der Waals surface area contributed by atoms with Crippen LogP contribution in [0.4, 0.5) is 0 Å². The third-order valence-corrected chi connectivity index (χ3v) is 3.92. The van der Waals surface area contributed by atoms with Gasteiger partial charge in [0.25, 0.3) is 0 Å². The number of aliphatic imine (C=N–C) groups is 1. The average Bonchev–Trinajstić information content (AvgIpc) is 2.64. The van der Waals surface area contributed by atoms with Gasteiger partial charge in [0.15, 0.2) is 5.96 Å². The molecule has 0 aliphatic heterocycles. The largest absolute Gasteiger partial charge is 0.508 e. The highest BCUT2D eigenvalue weighted by Gasteiger charge is 2.26. The normalized spacial score (nSPS) is 13.1. The minimum Gasteiger partial charge on any atom is -0.508 e. The second-order valence-electron chi connectivity index (χ2n) is 6.61. The minimum absolute atomic E-state index is 0.0621. The van der Waals surface area contributed by atoms with Crippen molar-refractivity contribution >= 4 is 29.7 Å². The lowest BCUT2D eigenvalue weighted by atomic mass is 10.0. The number of nitrogens with zero attached hydrogens (tertiary/aromatic N) is 1. The van der Waals surface area contributed by atoms with E-state index in [0.717, 1.165) is 0 Å². The number of nitrogens with two attached hydrogens (primary N) is 1. The van der Waals surface area contributed by atoms with Gasteiger partial charge in [0, 0.05) is 26.8 Å². The van der Waals surface area contributed by atoms with Gasteiger partial charge in [-0.15, -0.1) is 0 Å². The van der Waals surface area contributed by atoms with Crippen molar-refractivity contribution in [2.45, 2.75) is 45.2 Å². The Morgan fingerprint density at radius 3 is 2.20 bits per heavy atom. The van der Waals surface area contributed by atoms with E-state index in [1.165, 1.54) is 26.0 Å². The van der Waals surface area contributed by atoms with Gasteiger partial charge in [-0.1, -0.05) is 12.1 Å². The molecule has 0 unspecified atom stereocenters. The zero-order valence-electron chi connectivity index (χ0n) is 16.8. The lowest BCUT2D eigenvalue weighted by Crippen LogP contribution is -2.52. The fraction of sp³-hybridized carbons (Fsp3) is 0.421. The van der Waals surface area contributed by atoms with E-state index in [4.69, 9.17) is 5.73 Å². The van der Waals surface area contributed by atoms with Crippen LogP contribution in [0.3, 0.4) is 0 Å². The maximum Gasteiger partial charge on any atom is 0.326 e. The third-order valence-electron chi connectivity index (χ3n) is 3.92. The Morgan fingerprint density at radius 1 is 1.03 bits per heavy atom. The van der Waals surface area contributed by atoms with Crippen molar-refractivity contribution in [1.82, 2.24) is 16.0 Å². The number of carbonyl (C=O) groups is 4. The van der Waals surface area contributed by atoms with Gasteiger partial charge < -0.3 is 26.6 Å². The molecule has 7 N–H and O–H groups in total. The molecule has 1 aromatic rings. The summed E-state index contributed by atoms with van der Waals surface area (Å²) >= 11 is 0. The molecule has 0 aromatic heterocycles. The number of carboxylic acids is 1. The van der Waals surface area contributed by atoms with Gasteiger partial charge in [0.2, 0.25) is 17.7 Å². The zero-order chi connectivity index (χ0) is 22.7. The van der Waals surface area contributed by atoms with Crippen LogP contribution in [-0.4, -0.2) is 58.5 Å². The molecule has 1 rings (SSSR count). The van der Waals surface area contributed by atoms with Crippen LogP contribution in [0.25, 0.3) is 0 Å². The van der Waals surface area contributed by atoms with Crippen molar-refractivity contribution in [3.8, 4) is 5.75 Å². The first-order chi connectivity index (χ1) is 14.1. The molecule has 0 aliphatic carbocycles. The number of rotatable bonds is 10. The van der Waals surface area contributed by atoms with E-state index in [0.29, 0.717) is 12.0 Å². The quantitative estimate of drug-likeness (QED) is 0.163. The van der Waals surface area contributed by atoms with Crippen LogP contribution < -0.4 is 21.7 Å². The summed E-state index contributed by atoms with van der Waals surface area (Å²) in [6, 6.07) is 3.93. The van der Waals surface area contributed by atoms with E-state index in [1.807, 2.05) is 0 Å². The number of benzene rings is 1. The summed E-state index contributed by atoms with van der Waals surface area (Å²) in [4.78, 5) is 50.3. The Hall–Kier alpha value is -3.63. The number of amides is 3. The summed E-state index contributed by atoms with van der Waals surface area (Å²) in [5.41, 5.74) is 6.15. The van der Waals surface area contributed by atoms with Gasteiger partial charge in [0.1, 0.15) is 17.8 Å². The zero-order valence-corrected chi connectivity index (χ0v) is 16.8. The van der Waals surface area contributed by atoms with E-state index in [9.17, 15) is 29.4 Å². The van der Waals surface area contributed by atoms with Gasteiger partial charge in [-0.2, -0.15) is 0 Å². The lowest BCUT2D eigenvalue weighted by molar-refractivity contribution is -0.142. The Bertz CT molecular complexity index is 793. The van der Waals surface area contributed by atoms with Crippen LogP contribution in [0.2, 0.25) is 0 Å². The Balaban J connectivity index is 2.71. The topological polar surface area (TPSA) is 183 Å². The first-order valence-corrected chi connectivity index (χ1v) is 9.24. The molecule has 0 saturated carbocycles. The second-order valence-corrected chi connectivity index (χ2v) is 6.61. The molecule has 3 amide bonds. The fourth-order valence-corrected chi connectivity index (χ4v) is 2.57. The van der Waals surface area contributed by atoms with Gasteiger partial charge in [-0.3, -0.25) is 24.7 Å². The molecular formula is C19H27N5O6. The molecular weight excluding hydrogens is 394 g/mol. The Morgan fingerprint density at radius 2 is 1.67 bits per heavy atom. The van der Waals surface area contributed by atoms with Crippen molar-refractivity contribution in [1.29, 1.82) is 0 Å². The molecule has 2 atom stereocenters. The number of guanidine groups is 1. The summed E-state index contributed by atoms with van der Waals surface area (Å²) in [6.45, 7) is 2.69. The molecule has 0 fully saturated rings. The monoisotopic (exact) mass is 421 g/mol. The molecule has 0 bridgehead atoms. The first-order valence-electron chi connectivity index (χ1n) is 9.24. The lowest BCUT2D eigenvalue weighted by Gasteiger charge is -2.21. The molecule has 0 heterocycles. The Kier molecular flexibility index (Phi) is 9.80.